The van der Waals surface area contributed by atoms with Gasteiger partial charge in [-0.2, -0.15) is 0 Å². The SMILES string of the molecule is CCNc1cncc(Sc2cccc(F)c2)n1. The van der Waals surface area contributed by atoms with Crippen LogP contribution in [0.15, 0.2) is 46.6 Å². The van der Waals surface area contributed by atoms with Gasteiger partial charge in [-0.3, -0.25) is 4.98 Å². The van der Waals surface area contributed by atoms with Crippen LogP contribution in [0.3, 0.4) is 0 Å². The maximum atomic E-state index is 13.0. The Morgan fingerprint density at radius 1 is 1.35 bits per heavy atom. The number of hydrogen-bond acceptors (Lipinski definition) is 4. The average molecular weight is 249 g/mol. The smallest absolute Gasteiger partial charge is 0.145 e. The summed E-state index contributed by atoms with van der Waals surface area (Å²) in [5.74, 6) is 0.486. The van der Waals surface area contributed by atoms with Gasteiger partial charge in [0.05, 0.1) is 12.4 Å². The highest BCUT2D eigenvalue weighted by atomic mass is 32.2. The summed E-state index contributed by atoms with van der Waals surface area (Å²) in [5.41, 5.74) is 0. The fraction of sp³-hybridized carbons (Fsp3) is 0.167. The maximum absolute atomic E-state index is 13.0. The third-order valence-electron chi connectivity index (χ3n) is 1.99. The molecule has 0 saturated heterocycles. The first-order chi connectivity index (χ1) is 8.28. The first-order valence-corrected chi connectivity index (χ1v) is 6.09. The molecule has 0 aliphatic carbocycles. The van der Waals surface area contributed by atoms with Gasteiger partial charge in [0.1, 0.15) is 16.7 Å². The summed E-state index contributed by atoms with van der Waals surface area (Å²) in [6.07, 6.45) is 3.33. The van der Waals surface area contributed by atoms with E-state index in [-0.39, 0.29) is 5.82 Å². The van der Waals surface area contributed by atoms with Gasteiger partial charge in [0.25, 0.3) is 0 Å². The number of benzene rings is 1. The molecular formula is C12H12FN3S. The molecule has 1 heterocycles. The van der Waals surface area contributed by atoms with Gasteiger partial charge in [-0.05, 0) is 25.1 Å². The van der Waals surface area contributed by atoms with Crippen molar-refractivity contribution in [1.82, 2.24) is 9.97 Å². The zero-order valence-electron chi connectivity index (χ0n) is 9.35. The normalized spacial score (nSPS) is 10.2. The first-order valence-electron chi connectivity index (χ1n) is 5.27. The van der Waals surface area contributed by atoms with Crippen molar-refractivity contribution in [3.05, 3.63) is 42.5 Å². The lowest BCUT2D eigenvalue weighted by atomic mass is 10.4. The number of anilines is 1. The quantitative estimate of drug-likeness (QED) is 0.903. The molecule has 88 valence electrons. The fourth-order valence-electron chi connectivity index (χ4n) is 1.31. The van der Waals surface area contributed by atoms with Crippen LogP contribution in [-0.4, -0.2) is 16.5 Å². The van der Waals surface area contributed by atoms with Gasteiger partial charge >= 0.3 is 0 Å². The summed E-state index contributed by atoms with van der Waals surface area (Å²) in [4.78, 5) is 9.25. The lowest BCUT2D eigenvalue weighted by Gasteiger charge is -2.04. The monoisotopic (exact) mass is 249 g/mol. The molecule has 0 spiro atoms. The molecule has 5 heteroatoms. The predicted molar refractivity (Wildman–Crippen MR) is 66.7 cm³/mol. The van der Waals surface area contributed by atoms with Crippen molar-refractivity contribution in [2.24, 2.45) is 0 Å². The van der Waals surface area contributed by atoms with E-state index >= 15 is 0 Å². The number of halogens is 1. The van der Waals surface area contributed by atoms with Crippen LogP contribution in [0.4, 0.5) is 10.2 Å². The van der Waals surface area contributed by atoms with Gasteiger partial charge in [-0.15, -0.1) is 0 Å². The van der Waals surface area contributed by atoms with Gasteiger partial charge in [-0.25, -0.2) is 9.37 Å². The van der Waals surface area contributed by atoms with Crippen LogP contribution in [0.25, 0.3) is 0 Å². The Labute approximate surface area is 103 Å². The van der Waals surface area contributed by atoms with Crippen LogP contribution < -0.4 is 5.32 Å². The van der Waals surface area contributed by atoms with Gasteiger partial charge in [0, 0.05) is 11.4 Å². The predicted octanol–water partition coefficient (Wildman–Crippen LogP) is 3.20. The van der Waals surface area contributed by atoms with Crippen LogP contribution in [-0.2, 0) is 0 Å². The molecule has 0 bridgehead atoms. The van der Waals surface area contributed by atoms with Crippen LogP contribution >= 0.6 is 11.8 Å². The summed E-state index contributed by atoms with van der Waals surface area (Å²) >= 11 is 1.39. The summed E-state index contributed by atoms with van der Waals surface area (Å²) in [6.45, 7) is 2.79. The summed E-state index contributed by atoms with van der Waals surface area (Å²) in [5, 5.41) is 3.83. The fourth-order valence-corrected chi connectivity index (χ4v) is 2.13. The molecule has 0 aliphatic rings. The van der Waals surface area contributed by atoms with Crippen molar-refractivity contribution in [2.75, 3.05) is 11.9 Å². The minimum atomic E-state index is -0.245. The molecule has 17 heavy (non-hydrogen) atoms. The zero-order valence-corrected chi connectivity index (χ0v) is 10.2. The standard InChI is InChI=1S/C12H12FN3S/c1-2-15-11-7-14-8-12(16-11)17-10-5-3-4-9(13)6-10/h3-8H,2H2,1H3,(H,15,16). The van der Waals surface area contributed by atoms with Crippen molar-refractivity contribution in [1.29, 1.82) is 0 Å². The third-order valence-corrected chi connectivity index (χ3v) is 2.88. The minimum Gasteiger partial charge on any atom is -0.369 e. The van der Waals surface area contributed by atoms with Crippen LogP contribution in [0, 0.1) is 5.82 Å². The molecule has 1 aromatic heterocycles. The van der Waals surface area contributed by atoms with E-state index in [4.69, 9.17) is 0 Å². The first kappa shape index (κ1) is 11.9. The molecule has 0 unspecified atom stereocenters. The third kappa shape index (κ3) is 3.42. The van der Waals surface area contributed by atoms with Gasteiger partial charge < -0.3 is 5.32 Å². The van der Waals surface area contributed by atoms with Crippen molar-refractivity contribution in [3.63, 3.8) is 0 Å². The highest BCUT2D eigenvalue weighted by Crippen LogP contribution is 2.26. The summed E-state index contributed by atoms with van der Waals surface area (Å²) in [7, 11) is 0. The van der Waals surface area contributed by atoms with Crippen molar-refractivity contribution >= 4 is 17.6 Å². The van der Waals surface area contributed by atoms with Crippen molar-refractivity contribution in [2.45, 2.75) is 16.8 Å². The second kappa shape index (κ2) is 5.63. The molecular weight excluding hydrogens is 237 g/mol. The molecule has 1 aromatic carbocycles. The lowest BCUT2D eigenvalue weighted by molar-refractivity contribution is 0.624. The zero-order chi connectivity index (χ0) is 12.1. The highest BCUT2D eigenvalue weighted by Gasteiger charge is 2.02. The molecule has 0 radical (unpaired) electrons. The summed E-state index contributed by atoms with van der Waals surface area (Å²) in [6, 6.07) is 6.42. The largest absolute Gasteiger partial charge is 0.369 e. The van der Waals surface area contributed by atoms with E-state index in [1.807, 2.05) is 13.0 Å². The van der Waals surface area contributed by atoms with Crippen LogP contribution in [0.1, 0.15) is 6.92 Å². The molecule has 3 nitrogen and oxygen atoms in total. The van der Waals surface area contributed by atoms with E-state index in [1.54, 1.807) is 18.5 Å². The molecule has 0 fully saturated rings. The van der Waals surface area contributed by atoms with E-state index < -0.39 is 0 Å². The average Bonchev–Trinajstić information content (AvgIpc) is 2.30. The Kier molecular flexibility index (Phi) is 3.93. The number of aromatic nitrogens is 2. The molecule has 0 atom stereocenters. The summed E-state index contributed by atoms with van der Waals surface area (Å²) < 4.78 is 13.0. The van der Waals surface area contributed by atoms with E-state index in [2.05, 4.69) is 15.3 Å². The van der Waals surface area contributed by atoms with E-state index in [1.165, 1.54) is 23.9 Å². The van der Waals surface area contributed by atoms with Crippen LogP contribution in [0.5, 0.6) is 0 Å². The lowest BCUT2D eigenvalue weighted by Crippen LogP contribution is -2.00. The maximum Gasteiger partial charge on any atom is 0.145 e. The Bertz CT molecular complexity index is 505. The number of rotatable bonds is 4. The van der Waals surface area contributed by atoms with Crippen LogP contribution in [0.2, 0.25) is 0 Å². The van der Waals surface area contributed by atoms with E-state index in [9.17, 15) is 4.39 Å². The highest BCUT2D eigenvalue weighted by molar-refractivity contribution is 7.99. The molecule has 2 rings (SSSR count). The van der Waals surface area contributed by atoms with Gasteiger partial charge in [-0.1, -0.05) is 17.8 Å². The van der Waals surface area contributed by atoms with E-state index in [0.717, 1.165) is 22.3 Å². The Morgan fingerprint density at radius 3 is 3.00 bits per heavy atom. The Morgan fingerprint density at radius 2 is 2.24 bits per heavy atom. The number of nitrogens with zero attached hydrogens (tertiary/aromatic N) is 2. The molecule has 2 aromatic rings. The van der Waals surface area contributed by atoms with Gasteiger partial charge in [0.2, 0.25) is 0 Å². The van der Waals surface area contributed by atoms with Crippen molar-refractivity contribution in [3.8, 4) is 0 Å². The van der Waals surface area contributed by atoms with Crippen molar-refractivity contribution < 1.29 is 4.39 Å². The number of hydrogen-bond donors (Lipinski definition) is 1. The number of nitrogens with one attached hydrogen (secondary N) is 1. The molecule has 0 aliphatic heterocycles. The molecule has 0 amide bonds. The Balaban J connectivity index is 2.15. The topological polar surface area (TPSA) is 37.8 Å². The van der Waals surface area contributed by atoms with E-state index in [0.29, 0.717) is 0 Å². The second-order valence-corrected chi connectivity index (χ2v) is 4.43. The Hall–Kier alpha value is -1.62. The second-order valence-electron chi connectivity index (χ2n) is 3.33. The van der Waals surface area contributed by atoms with Gasteiger partial charge in [0.15, 0.2) is 0 Å². The minimum absolute atomic E-state index is 0.245. The molecule has 1 N–H and O–H groups in total. The molecule has 0 saturated carbocycles.